The second-order valence-electron chi connectivity index (χ2n) is 4.64. The maximum Gasteiger partial charge on any atom is 0.123 e. The molecule has 2 heteroatoms. The number of rotatable bonds is 1. The Labute approximate surface area is 107 Å². The summed E-state index contributed by atoms with van der Waals surface area (Å²) in [6.45, 7) is 5.84. The van der Waals surface area contributed by atoms with Crippen molar-refractivity contribution in [3.63, 3.8) is 0 Å². The van der Waals surface area contributed by atoms with Crippen LogP contribution in [0.5, 0.6) is 5.75 Å². The molecule has 0 unspecified atom stereocenters. The number of phenols is 1. The highest BCUT2D eigenvalue weighted by Gasteiger charge is 2.12. The number of benzene rings is 2. The molecule has 90 valence electrons. The topological polar surface area (TPSA) is 44.0 Å². The number of aryl methyl sites for hydroxylation is 3. The van der Waals surface area contributed by atoms with Crippen LogP contribution in [0.3, 0.4) is 0 Å². The van der Waals surface area contributed by atoms with Gasteiger partial charge in [-0.15, -0.1) is 0 Å². The van der Waals surface area contributed by atoms with Crippen LogP contribution in [0.4, 0.5) is 0 Å². The smallest absolute Gasteiger partial charge is 0.123 e. The average Bonchev–Trinajstić information content (AvgIpc) is 2.29. The largest absolute Gasteiger partial charge is 0.507 e. The van der Waals surface area contributed by atoms with Crippen LogP contribution in [-0.2, 0) is 0 Å². The first-order valence-corrected chi connectivity index (χ1v) is 5.84. The van der Waals surface area contributed by atoms with E-state index < -0.39 is 0 Å². The highest BCUT2D eigenvalue weighted by molar-refractivity contribution is 5.78. The summed E-state index contributed by atoms with van der Waals surface area (Å²) >= 11 is 0. The average molecular weight is 237 g/mol. The van der Waals surface area contributed by atoms with Crippen LogP contribution >= 0.6 is 0 Å². The second-order valence-corrected chi connectivity index (χ2v) is 4.64. The van der Waals surface area contributed by atoms with E-state index in [1.807, 2.05) is 45.0 Å². The molecule has 0 aliphatic rings. The van der Waals surface area contributed by atoms with E-state index in [2.05, 4.69) is 6.07 Å². The first kappa shape index (κ1) is 12.2. The zero-order chi connectivity index (χ0) is 13.3. The van der Waals surface area contributed by atoms with E-state index in [9.17, 15) is 10.4 Å². The fourth-order valence-electron chi connectivity index (χ4n) is 2.26. The highest BCUT2D eigenvalue weighted by atomic mass is 16.3. The number of hydrogen-bond donors (Lipinski definition) is 1. The molecule has 0 radical (unpaired) electrons. The molecule has 0 bridgehead atoms. The number of phenolic OH excluding ortho intramolecular Hbond substituents is 1. The van der Waals surface area contributed by atoms with Crippen LogP contribution in [0.25, 0.3) is 11.1 Å². The minimum Gasteiger partial charge on any atom is -0.507 e. The summed E-state index contributed by atoms with van der Waals surface area (Å²) in [7, 11) is 0. The zero-order valence-corrected chi connectivity index (χ0v) is 10.8. The molecule has 0 atom stereocenters. The molecular weight excluding hydrogens is 222 g/mol. The van der Waals surface area contributed by atoms with E-state index in [1.165, 1.54) is 0 Å². The second kappa shape index (κ2) is 4.54. The molecule has 0 saturated carbocycles. The molecule has 0 saturated heterocycles. The van der Waals surface area contributed by atoms with E-state index in [4.69, 9.17) is 0 Å². The molecule has 0 heterocycles. The molecule has 2 aromatic rings. The zero-order valence-electron chi connectivity index (χ0n) is 10.8. The van der Waals surface area contributed by atoms with Crippen molar-refractivity contribution in [1.82, 2.24) is 0 Å². The minimum absolute atomic E-state index is 0.229. The summed E-state index contributed by atoms with van der Waals surface area (Å²) in [6.07, 6.45) is 0. The standard InChI is InChI=1S/C16H15NO/c1-10-4-5-14(13(7-10)9-17)16-12(3)6-11(2)8-15(16)18/h4-8,18H,1-3H3. The van der Waals surface area contributed by atoms with Crippen molar-refractivity contribution in [3.05, 3.63) is 52.6 Å². The van der Waals surface area contributed by atoms with Crippen LogP contribution in [0.15, 0.2) is 30.3 Å². The number of hydrogen-bond acceptors (Lipinski definition) is 2. The molecule has 0 spiro atoms. The van der Waals surface area contributed by atoms with Crippen molar-refractivity contribution in [1.29, 1.82) is 5.26 Å². The summed E-state index contributed by atoms with van der Waals surface area (Å²) in [5, 5.41) is 19.3. The summed E-state index contributed by atoms with van der Waals surface area (Å²) in [6, 6.07) is 11.6. The van der Waals surface area contributed by atoms with Crippen molar-refractivity contribution >= 4 is 0 Å². The van der Waals surface area contributed by atoms with Gasteiger partial charge in [-0.2, -0.15) is 5.26 Å². The third-order valence-corrected chi connectivity index (χ3v) is 3.02. The molecule has 0 aliphatic carbocycles. The van der Waals surface area contributed by atoms with Gasteiger partial charge in [0.1, 0.15) is 5.75 Å². The molecule has 2 rings (SSSR count). The van der Waals surface area contributed by atoms with E-state index in [0.29, 0.717) is 5.56 Å². The van der Waals surface area contributed by atoms with E-state index >= 15 is 0 Å². The minimum atomic E-state index is 0.229. The van der Waals surface area contributed by atoms with Gasteiger partial charge >= 0.3 is 0 Å². The summed E-state index contributed by atoms with van der Waals surface area (Å²) in [5.74, 6) is 0.229. The van der Waals surface area contributed by atoms with Gasteiger partial charge in [0.05, 0.1) is 11.6 Å². The van der Waals surface area contributed by atoms with Gasteiger partial charge < -0.3 is 5.11 Å². The van der Waals surface area contributed by atoms with Crippen molar-refractivity contribution in [2.75, 3.05) is 0 Å². The quantitative estimate of drug-likeness (QED) is 0.818. The molecule has 0 aromatic heterocycles. The first-order chi connectivity index (χ1) is 8.52. The van der Waals surface area contributed by atoms with E-state index in [1.54, 1.807) is 6.07 Å². The van der Waals surface area contributed by atoms with E-state index in [0.717, 1.165) is 27.8 Å². The normalized spacial score (nSPS) is 10.1. The van der Waals surface area contributed by atoms with Gasteiger partial charge in [0.25, 0.3) is 0 Å². The monoisotopic (exact) mass is 237 g/mol. The van der Waals surface area contributed by atoms with Gasteiger partial charge in [0.2, 0.25) is 0 Å². The Morgan fingerprint density at radius 1 is 1.00 bits per heavy atom. The summed E-state index contributed by atoms with van der Waals surface area (Å²) in [4.78, 5) is 0. The fraction of sp³-hybridized carbons (Fsp3) is 0.188. The highest BCUT2D eigenvalue weighted by Crippen LogP contribution is 2.35. The molecule has 0 aliphatic heterocycles. The van der Waals surface area contributed by atoms with Crippen molar-refractivity contribution in [2.45, 2.75) is 20.8 Å². The Bertz CT molecular complexity index is 628. The predicted octanol–water partition coefficient (Wildman–Crippen LogP) is 3.86. The van der Waals surface area contributed by atoms with Crippen molar-refractivity contribution in [2.24, 2.45) is 0 Å². The summed E-state index contributed by atoms with van der Waals surface area (Å²) < 4.78 is 0. The fourth-order valence-corrected chi connectivity index (χ4v) is 2.26. The van der Waals surface area contributed by atoms with Gasteiger partial charge in [-0.25, -0.2) is 0 Å². The van der Waals surface area contributed by atoms with Crippen molar-refractivity contribution < 1.29 is 5.11 Å². The lowest BCUT2D eigenvalue weighted by atomic mass is 9.93. The Kier molecular flexibility index (Phi) is 3.08. The van der Waals surface area contributed by atoms with Gasteiger partial charge in [0.15, 0.2) is 0 Å². The lowest BCUT2D eigenvalue weighted by Gasteiger charge is -2.12. The van der Waals surface area contributed by atoms with Crippen LogP contribution in [0.2, 0.25) is 0 Å². The van der Waals surface area contributed by atoms with E-state index in [-0.39, 0.29) is 5.75 Å². The van der Waals surface area contributed by atoms with Gasteiger partial charge in [-0.05, 0) is 49.6 Å². The van der Waals surface area contributed by atoms with Crippen molar-refractivity contribution in [3.8, 4) is 22.9 Å². The lowest BCUT2D eigenvalue weighted by molar-refractivity contribution is 0.476. The molecular formula is C16H15NO. The Hall–Kier alpha value is -2.27. The Morgan fingerprint density at radius 2 is 1.72 bits per heavy atom. The number of nitrogens with zero attached hydrogens (tertiary/aromatic N) is 1. The molecule has 2 aromatic carbocycles. The third kappa shape index (κ3) is 2.08. The Morgan fingerprint density at radius 3 is 2.33 bits per heavy atom. The number of nitriles is 1. The van der Waals surface area contributed by atoms with Gasteiger partial charge in [0, 0.05) is 11.1 Å². The third-order valence-electron chi connectivity index (χ3n) is 3.02. The maximum atomic E-state index is 10.1. The SMILES string of the molecule is Cc1cc(C)c(-c2ccc(C)cc2C#N)c(O)c1. The first-order valence-electron chi connectivity index (χ1n) is 5.84. The van der Waals surface area contributed by atoms with Crippen LogP contribution in [0.1, 0.15) is 22.3 Å². The predicted molar refractivity (Wildman–Crippen MR) is 72.5 cm³/mol. The Balaban J connectivity index is 2.74. The van der Waals surface area contributed by atoms with Gasteiger partial charge in [-0.3, -0.25) is 0 Å². The lowest BCUT2D eigenvalue weighted by Crippen LogP contribution is -1.91. The maximum absolute atomic E-state index is 10.1. The molecule has 1 N–H and O–H groups in total. The molecule has 0 fully saturated rings. The van der Waals surface area contributed by atoms with Crippen LogP contribution in [0, 0.1) is 32.1 Å². The van der Waals surface area contributed by atoms with Gasteiger partial charge in [-0.1, -0.05) is 18.2 Å². The van der Waals surface area contributed by atoms with Crippen LogP contribution in [-0.4, -0.2) is 5.11 Å². The number of aromatic hydroxyl groups is 1. The molecule has 0 amide bonds. The van der Waals surface area contributed by atoms with Crippen LogP contribution < -0.4 is 0 Å². The molecule has 18 heavy (non-hydrogen) atoms. The molecule has 2 nitrogen and oxygen atoms in total. The summed E-state index contributed by atoms with van der Waals surface area (Å²) in [5.41, 5.74) is 5.17.